The number of benzene rings is 1. The first-order valence-corrected chi connectivity index (χ1v) is 7.53. The van der Waals surface area contributed by atoms with E-state index in [1.165, 1.54) is 0 Å². The number of carbonyl (C=O) groups is 2. The highest BCUT2D eigenvalue weighted by atomic mass is 16.2. The fourth-order valence-corrected chi connectivity index (χ4v) is 2.89. The zero-order chi connectivity index (χ0) is 14.9. The van der Waals surface area contributed by atoms with Gasteiger partial charge in [0, 0.05) is 24.7 Å². The number of likely N-dealkylation sites (tertiary alicyclic amines) is 1. The number of nitrogens with one attached hydrogen (secondary N) is 1. The van der Waals surface area contributed by atoms with E-state index in [1.807, 2.05) is 23.1 Å². The first-order chi connectivity index (χ1) is 10.1. The van der Waals surface area contributed by atoms with Crippen molar-refractivity contribution in [3.8, 4) is 0 Å². The summed E-state index contributed by atoms with van der Waals surface area (Å²) in [5.41, 5.74) is 5.84. The molecule has 1 heterocycles. The van der Waals surface area contributed by atoms with Gasteiger partial charge in [-0.3, -0.25) is 9.59 Å². The van der Waals surface area contributed by atoms with Crippen LogP contribution in [0.25, 0.3) is 0 Å². The van der Waals surface area contributed by atoms with Gasteiger partial charge in [-0.05, 0) is 37.8 Å². The molecule has 1 aliphatic carbocycles. The summed E-state index contributed by atoms with van der Waals surface area (Å²) in [5, 5.41) is 2.92. The summed E-state index contributed by atoms with van der Waals surface area (Å²) in [4.78, 5) is 26.7. The predicted molar refractivity (Wildman–Crippen MR) is 79.7 cm³/mol. The van der Waals surface area contributed by atoms with Crippen molar-refractivity contribution in [1.82, 2.24) is 10.2 Å². The average Bonchev–Trinajstić information content (AvgIpc) is 3.28. The van der Waals surface area contributed by atoms with Crippen molar-refractivity contribution in [2.24, 2.45) is 5.73 Å². The van der Waals surface area contributed by atoms with Crippen molar-refractivity contribution in [1.29, 1.82) is 0 Å². The van der Waals surface area contributed by atoms with Crippen molar-refractivity contribution in [2.75, 3.05) is 13.1 Å². The molecule has 2 amide bonds. The lowest BCUT2D eigenvalue weighted by molar-refractivity contribution is -0.135. The predicted octanol–water partition coefficient (Wildman–Crippen LogP) is 0.899. The molecule has 5 heteroatoms. The van der Waals surface area contributed by atoms with Gasteiger partial charge >= 0.3 is 0 Å². The first kappa shape index (κ1) is 14.1. The number of rotatable bonds is 3. The lowest BCUT2D eigenvalue weighted by Gasteiger charge is -2.33. The van der Waals surface area contributed by atoms with Crippen LogP contribution in [-0.2, 0) is 4.79 Å². The normalized spacial score (nSPS) is 23.5. The molecule has 0 aromatic heterocycles. The van der Waals surface area contributed by atoms with Gasteiger partial charge < -0.3 is 16.0 Å². The van der Waals surface area contributed by atoms with Gasteiger partial charge in [-0.1, -0.05) is 18.2 Å². The van der Waals surface area contributed by atoms with E-state index in [4.69, 9.17) is 5.73 Å². The Balaban J connectivity index is 1.67. The molecule has 1 saturated heterocycles. The van der Waals surface area contributed by atoms with Crippen LogP contribution >= 0.6 is 0 Å². The Labute approximate surface area is 124 Å². The van der Waals surface area contributed by atoms with Crippen LogP contribution in [0.2, 0.25) is 0 Å². The standard InChI is InChI=1S/C16H21N3O2/c17-13-7-4-10-19(11-13)15(21)16(8-9-16)18-14(20)12-5-2-1-3-6-12/h1-3,5-6,13H,4,7-11,17H2,(H,18,20)/t13-/m0/s1. The van der Waals surface area contributed by atoms with Gasteiger partial charge in [0.1, 0.15) is 5.54 Å². The molecule has 3 N–H and O–H groups in total. The van der Waals surface area contributed by atoms with E-state index < -0.39 is 5.54 Å². The van der Waals surface area contributed by atoms with E-state index in [2.05, 4.69) is 5.32 Å². The van der Waals surface area contributed by atoms with Crippen molar-refractivity contribution in [3.05, 3.63) is 35.9 Å². The van der Waals surface area contributed by atoms with Crippen LogP contribution in [-0.4, -0.2) is 41.4 Å². The maximum Gasteiger partial charge on any atom is 0.252 e. The molecule has 112 valence electrons. The number of hydrogen-bond donors (Lipinski definition) is 2. The van der Waals surface area contributed by atoms with Gasteiger partial charge in [0.25, 0.3) is 5.91 Å². The topological polar surface area (TPSA) is 75.4 Å². The van der Waals surface area contributed by atoms with Gasteiger partial charge in [0.05, 0.1) is 0 Å². The fourth-order valence-electron chi connectivity index (χ4n) is 2.89. The van der Waals surface area contributed by atoms with E-state index in [-0.39, 0.29) is 17.9 Å². The molecule has 3 rings (SSSR count). The molecule has 1 atom stereocenters. The molecule has 0 spiro atoms. The van der Waals surface area contributed by atoms with Crippen LogP contribution in [0.3, 0.4) is 0 Å². The molecule has 2 fully saturated rings. The SMILES string of the molecule is N[C@H]1CCCN(C(=O)C2(NC(=O)c3ccccc3)CC2)C1. The molecular formula is C16H21N3O2. The van der Waals surface area contributed by atoms with Crippen molar-refractivity contribution in [2.45, 2.75) is 37.3 Å². The third-order valence-electron chi connectivity index (χ3n) is 4.29. The third kappa shape index (κ3) is 2.93. The van der Waals surface area contributed by atoms with E-state index in [1.54, 1.807) is 12.1 Å². The minimum absolute atomic E-state index is 0.0296. The molecule has 1 aromatic carbocycles. The van der Waals surface area contributed by atoms with Crippen molar-refractivity contribution < 1.29 is 9.59 Å². The van der Waals surface area contributed by atoms with Gasteiger partial charge in [-0.15, -0.1) is 0 Å². The number of nitrogens with zero attached hydrogens (tertiary/aromatic N) is 1. The number of piperidine rings is 1. The monoisotopic (exact) mass is 287 g/mol. The maximum atomic E-state index is 12.7. The van der Waals surface area contributed by atoms with E-state index in [0.717, 1.165) is 32.2 Å². The van der Waals surface area contributed by atoms with Gasteiger partial charge in [-0.2, -0.15) is 0 Å². The minimum atomic E-state index is -0.690. The highest BCUT2D eigenvalue weighted by molar-refractivity contribution is 6.00. The Morgan fingerprint density at radius 2 is 1.95 bits per heavy atom. The smallest absolute Gasteiger partial charge is 0.252 e. The molecule has 1 aromatic rings. The molecule has 1 saturated carbocycles. The molecule has 1 aliphatic heterocycles. The average molecular weight is 287 g/mol. The summed E-state index contributed by atoms with van der Waals surface area (Å²) >= 11 is 0. The van der Waals surface area contributed by atoms with E-state index >= 15 is 0 Å². The number of carbonyl (C=O) groups excluding carboxylic acids is 2. The van der Waals surface area contributed by atoms with Crippen molar-refractivity contribution >= 4 is 11.8 Å². The molecule has 21 heavy (non-hydrogen) atoms. The van der Waals surface area contributed by atoms with Crippen LogP contribution in [0.1, 0.15) is 36.0 Å². The Hall–Kier alpha value is -1.88. The second-order valence-electron chi connectivity index (χ2n) is 6.06. The second kappa shape index (κ2) is 5.48. The highest BCUT2D eigenvalue weighted by Gasteiger charge is 2.53. The van der Waals surface area contributed by atoms with Crippen LogP contribution < -0.4 is 11.1 Å². The van der Waals surface area contributed by atoms with Crippen LogP contribution in [0, 0.1) is 0 Å². The lowest BCUT2D eigenvalue weighted by Crippen LogP contribution is -2.55. The minimum Gasteiger partial charge on any atom is -0.339 e. The van der Waals surface area contributed by atoms with E-state index in [9.17, 15) is 9.59 Å². The Bertz CT molecular complexity index is 540. The molecular weight excluding hydrogens is 266 g/mol. The van der Waals surface area contributed by atoms with E-state index in [0.29, 0.717) is 12.1 Å². The molecule has 0 bridgehead atoms. The number of amides is 2. The number of nitrogens with two attached hydrogens (primary N) is 1. The van der Waals surface area contributed by atoms with Crippen LogP contribution in [0.4, 0.5) is 0 Å². The van der Waals surface area contributed by atoms with Gasteiger partial charge in [0.2, 0.25) is 5.91 Å². The quantitative estimate of drug-likeness (QED) is 0.867. The summed E-state index contributed by atoms with van der Waals surface area (Å²) < 4.78 is 0. The van der Waals surface area contributed by atoms with Crippen LogP contribution in [0.15, 0.2) is 30.3 Å². The zero-order valence-corrected chi connectivity index (χ0v) is 12.0. The molecule has 0 unspecified atom stereocenters. The Morgan fingerprint density at radius 1 is 1.24 bits per heavy atom. The fraction of sp³-hybridized carbons (Fsp3) is 0.500. The third-order valence-corrected chi connectivity index (χ3v) is 4.29. The van der Waals surface area contributed by atoms with Gasteiger partial charge in [0.15, 0.2) is 0 Å². The highest BCUT2D eigenvalue weighted by Crippen LogP contribution is 2.38. The lowest BCUT2D eigenvalue weighted by atomic mass is 10.0. The van der Waals surface area contributed by atoms with Crippen LogP contribution in [0.5, 0.6) is 0 Å². The summed E-state index contributed by atoms with van der Waals surface area (Å²) in [6.45, 7) is 1.34. The summed E-state index contributed by atoms with van der Waals surface area (Å²) in [7, 11) is 0. The molecule has 2 aliphatic rings. The summed E-state index contributed by atoms with van der Waals surface area (Å²) in [5.74, 6) is -0.148. The first-order valence-electron chi connectivity index (χ1n) is 7.53. The Kier molecular flexibility index (Phi) is 3.68. The Morgan fingerprint density at radius 3 is 2.57 bits per heavy atom. The second-order valence-corrected chi connectivity index (χ2v) is 6.06. The largest absolute Gasteiger partial charge is 0.339 e. The maximum absolute atomic E-state index is 12.7. The van der Waals surface area contributed by atoms with Gasteiger partial charge in [-0.25, -0.2) is 0 Å². The number of hydrogen-bond acceptors (Lipinski definition) is 3. The summed E-state index contributed by atoms with van der Waals surface area (Å²) in [6.07, 6.45) is 3.34. The summed E-state index contributed by atoms with van der Waals surface area (Å²) in [6, 6.07) is 9.08. The van der Waals surface area contributed by atoms with Crippen molar-refractivity contribution in [3.63, 3.8) is 0 Å². The molecule has 5 nitrogen and oxygen atoms in total. The molecule has 0 radical (unpaired) electrons. The zero-order valence-electron chi connectivity index (χ0n) is 12.0.